The quantitative estimate of drug-likeness (QED) is 0.814. The van der Waals surface area contributed by atoms with Gasteiger partial charge in [-0.2, -0.15) is 0 Å². The fraction of sp³-hybridized carbons (Fsp3) is 0.294. The number of aryl methyl sites for hydroxylation is 1. The Morgan fingerprint density at radius 1 is 1.19 bits per heavy atom. The zero-order valence-corrected chi connectivity index (χ0v) is 12.4. The molecule has 4 heteroatoms. The van der Waals surface area contributed by atoms with E-state index in [1.54, 1.807) is 18.2 Å². The number of nitrogens with one attached hydrogen (secondary N) is 1. The van der Waals surface area contributed by atoms with Gasteiger partial charge in [0.15, 0.2) is 0 Å². The van der Waals surface area contributed by atoms with Gasteiger partial charge >= 0.3 is 0 Å². The number of phenolic OH excluding ortho intramolecular Hbond substituents is 1. The highest BCUT2D eigenvalue weighted by Crippen LogP contribution is 2.36. The predicted octanol–water partition coefficient (Wildman–Crippen LogP) is 2.97. The first kappa shape index (κ1) is 14.4. The van der Waals surface area contributed by atoms with Crippen LogP contribution in [0.2, 0.25) is 5.02 Å². The molecule has 2 aromatic rings. The van der Waals surface area contributed by atoms with Gasteiger partial charge in [-0.25, -0.2) is 0 Å². The SMILES string of the molecule is Oc1ccc(Cl)cc1CNCC1(O)CCc2ccccc21. The Morgan fingerprint density at radius 3 is 2.86 bits per heavy atom. The number of aromatic hydroxyl groups is 1. The van der Waals surface area contributed by atoms with Crippen LogP contribution in [0.25, 0.3) is 0 Å². The first-order valence-corrected chi connectivity index (χ1v) is 7.45. The van der Waals surface area contributed by atoms with Gasteiger partial charge in [-0.3, -0.25) is 0 Å². The fourth-order valence-electron chi connectivity index (χ4n) is 2.95. The van der Waals surface area contributed by atoms with E-state index in [0.29, 0.717) is 18.1 Å². The zero-order chi connectivity index (χ0) is 14.9. The van der Waals surface area contributed by atoms with Crippen molar-refractivity contribution in [1.82, 2.24) is 5.32 Å². The summed E-state index contributed by atoms with van der Waals surface area (Å²) in [6.07, 6.45) is 1.62. The van der Waals surface area contributed by atoms with Crippen LogP contribution in [0, 0.1) is 0 Å². The van der Waals surface area contributed by atoms with Crippen molar-refractivity contribution in [2.75, 3.05) is 6.54 Å². The van der Waals surface area contributed by atoms with Crippen LogP contribution in [-0.2, 0) is 18.6 Å². The van der Waals surface area contributed by atoms with E-state index in [2.05, 4.69) is 11.4 Å². The minimum Gasteiger partial charge on any atom is -0.508 e. The van der Waals surface area contributed by atoms with Crippen molar-refractivity contribution in [1.29, 1.82) is 0 Å². The molecule has 0 spiro atoms. The Balaban J connectivity index is 1.67. The molecule has 3 rings (SSSR count). The summed E-state index contributed by atoms with van der Waals surface area (Å²) in [5.74, 6) is 0.214. The number of aliphatic hydroxyl groups is 1. The van der Waals surface area contributed by atoms with E-state index in [-0.39, 0.29) is 5.75 Å². The molecule has 0 bridgehead atoms. The van der Waals surface area contributed by atoms with Crippen molar-refractivity contribution in [3.8, 4) is 5.75 Å². The van der Waals surface area contributed by atoms with Gasteiger partial charge < -0.3 is 15.5 Å². The molecule has 0 fully saturated rings. The van der Waals surface area contributed by atoms with Crippen LogP contribution in [0.1, 0.15) is 23.1 Å². The van der Waals surface area contributed by atoms with Crippen molar-refractivity contribution < 1.29 is 10.2 Å². The normalized spacial score (nSPS) is 20.5. The largest absolute Gasteiger partial charge is 0.508 e. The summed E-state index contributed by atoms with van der Waals surface area (Å²) in [6.45, 7) is 0.923. The number of hydrogen-bond donors (Lipinski definition) is 3. The molecule has 0 heterocycles. The van der Waals surface area contributed by atoms with Crippen LogP contribution in [0.4, 0.5) is 0 Å². The average Bonchev–Trinajstić information content (AvgIpc) is 2.81. The van der Waals surface area contributed by atoms with E-state index >= 15 is 0 Å². The molecule has 1 aliphatic carbocycles. The second-order valence-electron chi connectivity index (χ2n) is 5.57. The van der Waals surface area contributed by atoms with Crippen molar-refractivity contribution in [2.45, 2.75) is 25.0 Å². The first-order valence-electron chi connectivity index (χ1n) is 7.07. The lowest BCUT2D eigenvalue weighted by molar-refractivity contribution is 0.0384. The maximum atomic E-state index is 10.8. The van der Waals surface area contributed by atoms with E-state index in [9.17, 15) is 10.2 Å². The maximum absolute atomic E-state index is 10.8. The summed E-state index contributed by atoms with van der Waals surface area (Å²) < 4.78 is 0. The molecule has 3 nitrogen and oxygen atoms in total. The smallest absolute Gasteiger partial charge is 0.120 e. The molecule has 0 saturated carbocycles. The summed E-state index contributed by atoms with van der Waals surface area (Å²) in [4.78, 5) is 0. The number of phenols is 1. The third-order valence-electron chi connectivity index (χ3n) is 4.10. The maximum Gasteiger partial charge on any atom is 0.120 e. The lowest BCUT2D eigenvalue weighted by Crippen LogP contribution is -2.36. The molecule has 0 saturated heterocycles. The van der Waals surface area contributed by atoms with E-state index < -0.39 is 5.60 Å². The minimum absolute atomic E-state index is 0.214. The molecule has 3 N–H and O–H groups in total. The molecule has 1 aliphatic rings. The standard InChI is InChI=1S/C17H18ClNO2/c18-14-5-6-16(20)13(9-14)10-19-11-17(21)8-7-12-3-1-2-4-15(12)17/h1-6,9,19-21H,7-8,10-11H2. The molecule has 0 amide bonds. The third-order valence-corrected chi connectivity index (χ3v) is 4.34. The molecular weight excluding hydrogens is 286 g/mol. The monoisotopic (exact) mass is 303 g/mol. The van der Waals surface area contributed by atoms with Gasteiger partial charge in [0.25, 0.3) is 0 Å². The minimum atomic E-state index is -0.829. The lowest BCUT2D eigenvalue weighted by atomic mass is 9.96. The molecule has 0 aromatic heterocycles. The molecule has 1 unspecified atom stereocenters. The van der Waals surface area contributed by atoms with Gasteiger partial charge in [-0.1, -0.05) is 35.9 Å². The van der Waals surface area contributed by atoms with E-state index in [1.165, 1.54) is 5.56 Å². The molecule has 21 heavy (non-hydrogen) atoms. The zero-order valence-electron chi connectivity index (χ0n) is 11.6. The van der Waals surface area contributed by atoms with Gasteiger partial charge in [0.05, 0.1) is 0 Å². The fourth-order valence-corrected chi connectivity index (χ4v) is 3.15. The van der Waals surface area contributed by atoms with Gasteiger partial charge in [0.2, 0.25) is 0 Å². The summed E-state index contributed by atoms with van der Waals surface area (Å²) in [6, 6.07) is 13.0. The highest BCUT2D eigenvalue weighted by molar-refractivity contribution is 6.30. The second-order valence-corrected chi connectivity index (χ2v) is 6.00. The molecule has 0 aliphatic heterocycles. The molecule has 110 valence electrons. The van der Waals surface area contributed by atoms with Crippen LogP contribution in [0.5, 0.6) is 5.75 Å². The van der Waals surface area contributed by atoms with Gasteiger partial charge in [0, 0.05) is 23.7 Å². The number of hydrogen-bond acceptors (Lipinski definition) is 3. The molecule has 2 aromatic carbocycles. The van der Waals surface area contributed by atoms with Crippen LogP contribution >= 0.6 is 11.6 Å². The topological polar surface area (TPSA) is 52.5 Å². The highest BCUT2D eigenvalue weighted by Gasteiger charge is 2.35. The third kappa shape index (κ3) is 2.91. The first-order chi connectivity index (χ1) is 10.1. The summed E-state index contributed by atoms with van der Waals surface area (Å²) in [7, 11) is 0. The summed E-state index contributed by atoms with van der Waals surface area (Å²) in [5.41, 5.74) is 2.13. The molecular formula is C17H18ClNO2. The highest BCUT2D eigenvalue weighted by atomic mass is 35.5. The van der Waals surface area contributed by atoms with Crippen LogP contribution in [0.15, 0.2) is 42.5 Å². The van der Waals surface area contributed by atoms with E-state index in [4.69, 9.17) is 11.6 Å². The van der Waals surface area contributed by atoms with Gasteiger partial charge in [-0.15, -0.1) is 0 Å². The lowest BCUT2D eigenvalue weighted by Gasteiger charge is -2.24. The van der Waals surface area contributed by atoms with Crippen molar-refractivity contribution in [3.05, 3.63) is 64.2 Å². The Hall–Kier alpha value is -1.55. The molecule has 0 radical (unpaired) electrons. The predicted molar refractivity (Wildman–Crippen MR) is 83.5 cm³/mol. The number of rotatable bonds is 4. The Morgan fingerprint density at radius 2 is 2.00 bits per heavy atom. The average molecular weight is 304 g/mol. The van der Waals surface area contributed by atoms with Gasteiger partial charge in [-0.05, 0) is 42.2 Å². The van der Waals surface area contributed by atoms with Crippen molar-refractivity contribution in [2.24, 2.45) is 0 Å². The van der Waals surface area contributed by atoms with Crippen molar-refractivity contribution in [3.63, 3.8) is 0 Å². The Bertz CT molecular complexity index is 659. The van der Waals surface area contributed by atoms with E-state index in [1.807, 2.05) is 18.2 Å². The number of halogens is 1. The second kappa shape index (κ2) is 5.68. The number of fused-ring (bicyclic) bond motifs is 1. The Labute approximate surface area is 129 Å². The number of benzene rings is 2. The van der Waals surface area contributed by atoms with Crippen LogP contribution in [-0.4, -0.2) is 16.8 Å². The summed E-state index contributed by atoms with van der Waals surface area (Å²) in [5, 5.41) is 24.4. The summed E-state index contributed by atoms with van der Waals surface area (Å²) >= 11 is 5.93. The Kier molecular flexibility index (Phi) is 3.89. The van der Waals surface area contributed by atoms with Gasteiger partial charge in [0.1, 0.15) is 11.4 Å². The van der Waals surface area contributed by atoms with Crippen molar-refractivity contribution >= 4 is 11.6 Å². The van der Waals surface area contributed by atoms with Crippen LogP contribution in [0.3, 0.4) is 0 Å². The van der Waals surface area contributed by atoms with E-state index in [0.717, 1.165) is 24.0 Å². The van der Waals surface area contributed by atoms with Crippen LogP contribution < -0.4 is 5.32 Å². The molecule has 1 atom stereocenters.